The Hall–Kier alpha value is -1.07. The van der Waals surface area contributed by atoms with Crippen LogP contribution in [-0.4, -0.2) is 4.57 Å². The molecule has 0 N–H and O–H groups in total. The molecule has 1 heterocycles. The second-order valence-corrected chi connectivity index (χ2v) is 5.19. The van der Waals surface area contributed by atoms with Gasteiger partial charge in [0, 0.05) is 9.78 Å². The van der Waals surface area contributed by atoms with Crippen LogP contribution in [-0.2, 0) is 0 Å². The Labute approximate surface area is 130 Å². The van der Waals surface area contributed by atoms with Gasteiger partial charge in [0.15, 0.2) is 0 Å². The number of aryl methyl sites for hydroxylation is 1. The van der Waals surface area contributed by atoms with Crippen LogP contribution in [0, 0.1) is 6.92 Å². The molecule has 0 spiro atoms. The monoisotopic (exact) mass is 385 g/mol. The molecule has 98 valence electrons. The number of allylic oxidation sites excluding steroid dienone is 3. The standard InChI is InChI=1S/C15H13ClINO/c1-3-5-12(9-17)18-10(2)8-11-6-4-7-13(16)14(11)15(18)19/h3-9H,1-2H3/b5-3-,12-9+. The van der Waals surface area contributed by atoms with Gasteiger partial charge in [-0.2, -0.15) is 0 Å². The Morgan fingerprint density at radius 2 is 2.16 bits per heavy atom. The fraction of sp³-hybridized carbons (Fsp3) is 0.133. The molecule has 0 aliphatic heterocycles. The molecule has 0 fully saturated rings. The van der Waals surface area contributed by atoms with E-state index in [1.807, 2.05) is 48.3 Å². The molecule has 2 nitrogen and oxygen atoms in total. The van der Waals surface area contributed by atoms with E-state index in [1.165, 1.54) is 0 Å². The van der Waals surface area contributed by atoms with E-state index in [2.05, 4.69) is 22.6 Å². The van der Waals surface area contributed by atoms with Gasteiger partial charge in [0.2, 0.25) is 0 Å². The third kappa shape index (κ3) is 2.62. The summed E-state index contributed by atoms with van der Waals surface area (Å²) in [5.74, 6) is 0. The zero-order chi connectivity index (χ0) is 14.0. The SMILES string of the molecule is C/C=C\C(=C/I)n1c(C)cc2cccc(Cl)c2c1=O. The number of nitrogens with zero attached hydrogens (tertiary/aromatic N) is 1. The van der Waals surface area contributed by atoms with Crippen LogP contribution in [0.2, 0.25) is 5.02 Å². The molecule has 0 saturated heterocycles. The highest BCUT2D eigenvalue weighted by molar-refractivity contribution is 14.1. The molecule has 4 heteroatoms. The second-order valence-electron chi connectivity index (χ2n) is 4.16. The molecular weight excluding hydrogens is 373 g/mol. The lowest BCUT2D eigenvalue weighted by Crippen LogP contribution is -2.21. The maximum absolute atomic E-state index is 12.6. The quantitative estimate of drug-likeness (QED) is 0.539. The van der Waals surface area contributed by atoms with Gasteiger partial charge in [-0.25, -0.2) is 0 Å². The second kappa shape index (κ2) is 5.92. The van der Waals surface area contributed by atoms with Gasteiger partial charge >= 0.3 is 0 Å². The fourth-order valence-electron chi connectivity index (χ4n) is 2.10. The number of halogens is 2. The Balaban J connectivity index is 2.91. The highest BCUT2D eigenvalue weighted by atomic mass is 127. The number of fused-ring (bicyclic) bond motifs is 1. The first kappa shape index (κ1) is 14.3. The van der Waals surface area contributed by atoms with E-state index < -0.39 is 0 Å². The number of hydrogen-bond donors (Lipinski definition) is 0. The number of benzene rings is 1. The van der Waals surface area contributed by atoms with Crippen LogP contribution in [0.4, 0.5) is 0 Å². The average molecular weight is 386 g/mol. The van der Waals surface area contributed by atoms with Gasteiger partial charge < -0.3 is 0 Å². The minimum Gasteiger partial charge on any atom is -0.281 e. The topological polar surface area (TPSA) is 22.0 Å². The van der Waals surface area contributed by atoms with E-state index >= 15 is 0 Å². The van der Waals surface area contributed by atoms with Crippen molar-refractivity contribution in [1.29, 1.82) is 0 Å². The molecule has 0 bridgehead atoms. The van der Waals surface area contributed by atoms with E-state index in [9.17, 15) is 4.79 Å². The van der Waals surface area contributed by atoms with Gasteiger partial charge in [-0.3, -0.25) is 9.36 Å². The third-order valence-electron chi connectivity index (χ3n) is 2.89. The maximum atomic E-state index is 12.6. The summed E-state index contributed by atoms with van der Waals surface area (Å²) in [5.41, 5.74) is 1.65. The predicted octanol–water partition coefficient (Wildman–Crippen LogP) is 4.77. The molecular formula is C15H13ClINO. The number of rotatable bonds is 2. The van der Waals surface area contributed by atoms with Gasteiger partial charge in [0.25, 0.3) is 5.56 Å². The van der Waals surface area contributed by atoms with Gasteiger partial charge in [-0.05, 0) is 37.4 Å². The van der Waals surface area contributed by atoms with E-state index in [-0.39, 0.29) is 5.56 Å². The molecule has 0 saturated carbocycles. The van der Waals surface area contributed by atoms with Crippen molar-refractivity contribution in [3.8, 4) is 0 Å². The largest absolute Gasteiger partial charge is 0.281 e. The smallest absolute Gasteiger partial charge is 0.264 e. The van der Waals surface area contributed by atoms with Crippen molar-refractivity contribution in [2.75, 3.05) is 0 Å². The molecule has 0 atom stereocenters. The van der Waals surface area contributed by atoms with Crippen LogP contribution >= 0.6 is 34.2 Å². The summed E-state index contributed by atoms with van der Waals surface area (Å²) in [6.45, 7) is 3.85. The third-order valence-corrected chi connectivity index (χ3v) is 3.84. The molecule has 1 aromatic carbocycles. The van der Waals surface area contributed by atoms with Gasteiger partial charge in [-0.15, -0.1) is 0 Å². The maximum Gasteiger partial charge on any atom is 0.264 e. The van der Waals surface area contributed by atoms with Crippen molar-refractivity contribution in [1.82, 2.24) is 4.57 Å². The van der Waals surface area contributed by atoms with Crippen LogP contribution in [0.25, 0.3) is 16.5 Å². The molecule has 2 aromatic rings. The van der Waals surface area contributed by atoms with Crippen molar-refractivity contribution in [2.24, 2.45) is 0 Å². The highest BCUT2D eigenvalue weighted by Gasteiger charge is 2.10. The van der Waals surface area contributed by atoms with Gasteiger partial charge in [0.05, 0.1) is 16.1 Å². The number of hydrogen-bond acceptors (Lipinski definition) is 1. The normalized spacial score (nSPS) is 12.5. The van der Waals surface area contributed by atoms with Crippen LogP contribution < -0.4 is 5.56 Å². The van der Waals surface area contributed by atoms with Crippen LogP contribution in [0.1, 0.15) is 12.6 Å². The van der Waals surface area contributed by atoms with E-state index in [1.54, 1.807) is 10.6 Å². The molecule has 0 amide bonds. The summed E-state index contributed by atoms with van der Waals surface area (Å²) in [7, 11) is 0. The summed E-state index contributed by atoms with van der Waals surface area (Å²) in [4.78, 5) is 12.6. The summed E-state index contributed by atoms with van der Waals surface area (Å²) in [6, 6.07) is 7.48. The summed E-state index contributed by atoms with van der Waals surface area (Å²) in [5, 5.41) is 1.93. The van der Waals surface area contributed by atoms with Crippen molar-refractivity contribution < 1.29 is 0 Å². The number of pyridine rings is 1. The van der Waals surface area contributed by atoms with Crippen molar-refractivity contribution in [2.45, 2.75) is 13.8 Å². The van der Waals surface area contributed by atoms with Crippen LogP contribution in [0.3, 0.4) is 0 Å². The van der Waals surface area contributed by atoms with Crippen molar-refractivity contribution >= 4 is 50.7 Å². The van der Waals surface area contributed by atoms with Crippen molar-refractivity contribution in [3.05, 3.63) is 61.6 Å². The Morgan fingerprint density at radius 1 is 1.42 bits per heavy atom. The zero-order valence-corrected chi connectivity index (χ0v) is 13.6. The Kier molecular flexibility index (Phi) is 4.47. The average Bonchev–Trinajstić information content (AvgIpc) is 2.37. The predicted molar refractivity (Wildman–Crippen MR) is 91.1 cm³/mol. The summed E-state index contributed by atoms with van der Waals surface area (Å²) in [6.07, 6.45) is 3.82. The first-order chi connectivity index (χ1) is 9.10. The van der Waals surface area contributed by atoms with Gasteiger partial charge in [0.1, 0.15) is 0 Å². The molecule has 0 aliphatic rings. The Morgan fingerprint density at radius 3 is 2.79 bits per heavy atom. The molecule has 0 radical (unpaired) electrons. The lowest BCUT2D eigenvalue weighted by Gasteiger charge is -2.12. The van der Waals surface area contributed by atoms with Crippen LogP contribution in [0.15, 0.2) is 45.3 Å². The molecule has 19 heavy (non-hydrogen) atoms. The minimum absolute atomic E-state index is 0.0818. The van der Waals surface area contributed by atoms with E-state index in [4.69, 9.17) is 11.6 Å². The zero-order valence-electron chi connectivity index (χ0n) is 10.7. The van der Waals surface area contributed by atoms with Crippen LogP contribution in [0.5, 0.6) is 0 Å². The highest BCUT2D eigenvalue weighted by Crippen LogP contribution is 2.22. The van der Waals surface area contributed by atoms with Gasteiger partial charge in [-0.1, -0.05) is 52.4 Å². The van der Waals surface area contributed by atoms with E-state index in [0.717, 1.165) is 16.8 Å². The van der Waals surface area contributed by atoms with E-state index in [0.29, 0.717) is 10.4 Å². The fourth-order valence-corrected chi connectivity index (χ4v) is 2.85. The minimum atomic E-state index is -0.0818. The lowest BCUT2D eigenvalue weighted by molar-refractivity contribution is 0.985. The lowest BCUT2D eigenvalue weighted by atomic mass is 10.1. The molecule has 0 aliphatic carbocycles. The summed E-state index contributed by atoms with van der Waals surface area (Å²) >= 11 is 8.29. The first-order valence-electron chi connectivity index (χ1n) is 5.84. The summed E-state index contributed by atoms with van der Waals surface area (Å²) < 4.78 is 3.56. The van der Waals surface area contributed by atoms with Crippen molar-refractivity contribution in [3.63, 3.8) is 0 Å². The molecule has 1 aromatic heterocycles. The number of aromatic nitrogens is 1. The Bertz CT molecular complexity index is 744. The molecule has 2 rings (SSSR count). The molecule has 0 unspecified atom stereocenters. The first-order valence-corrected chi connectivity index (χ1v) is 7.47.